The van der Waals surface area contributed by atoms with Gasteiger partial charge in [-0.15, -0.1) is 0 Å². The summed E-state index contributed by atoms with van der Waals surface area (Å²) in [5.74, 6) is -0.110. The van der Waals surface area contributed by atoms with Gasteiger partial charge in [-0.3, -0.25) is 4.79 Å². The van der Waals surface area contributed by atoms with E-state index in [-0.39, 0.29) is 25.1 Å². The maximum atomic E-state index is 12.0. The number of nitrogens with zero attached hydrogens (tertiary/aromatic N) is 1. The minimum Gasteiger partial charge on any atom is -0.392 e. The Labute approximate surface area is 128 Å². The van der Waals surface area contributed by atoms with Crippen LogP contribution in [-0.2, 0) is 22.7 Å². The van der Waals surface area contributed by atoms with E-state index in [1.165, 1.54) is 0 Å². The molecule has 21 heavy (non-hydrogen) atoms. The molecule has 0 aliphatic heterocycles. The number of amides is 1. The highest BCUT2D eigenvalue weighted by atomic mass is 35.5. The van der Waals surface area contributed by atoms with Crippen LogP contribution in [0.3, 0.4) is 0 Å². The number of methoxy groups -OCH3 is 1. The standard InChI is InChI=1S/C15H19ClN2O3/c1-10(9-21-2)17-15(20)7-18-6-11(8-19)13-4-3-12(16)5-14(13)18/h3-6,10,19H,7-9H2,1-2H3,(H,17,20). The number of aromatic nitrogens is 1. The van der Waals surface area contributed by atoms with Gasteiger partial charge in [0, 0.05) is 35.3 Å². The van der Waals surface area contributed by atoms with Gasteiger partial charge < -0.3 is 19.7 Å². The van der Waals surface area contributed by atoms with Crippen molar-refractivity contribution in [1.82, 2.24) is 9.88 Å². The van der Waals surface area contributed by atoms with Crippen molar-refractivity contribution < 1.29 is 14.6 Å². The van der Waals surface area contributed by atoms with Crippen molar-refractivity contribution >= 4 is 28.4 Å². The van der Waals surface area contributed by atoms with Crippen LogP contribution in [0.25, 0.3) is 10.9 Å². The van der Waals surface area contributed by atoms with Crippen molar-refractivity contribution in [2.75, 3.05) is 13.7 Å². The van der Waals surface area contributed by atoms with E-state index in [1.807, 2.05) is 13.0 Å². The highest BCUT2D eigenvalue weighted by Gasteiger charge is 2.12. The molecule has 114 valence electrons. The second-order valence-electron chi connectivity index (χ2n) is 5.03. The molecular formula is C15H19ClN2O3. The van der Waals surface area contributed by atoms with Gasteiger partial charge in [0.15, 0.2) is 0 Å². The predicted octanol–water partition coefficient (Wildman–Crippen LogP) is 1.94. The minimum atomic E-state index is -0.110. The third-order valence-corrected chi connectivity index (χ3v) is 3.47. The molecule has 1 unspecified atom stereocenters. The summed E-state index contributed by atoms with van der Waals surface area (Å²) in [6.07, 6.45) is 1.78. The van der Waals surface area contributed by atoms with E-state index in [1.54, 1.807) is 30.0 Å². The third kappa shape index (κ3) is 3.75. The molecule has 1 atom stereocenters. The topological polar surface area (TPSA) is 63.5 Å². The monoisotopic (exact) mass is 310 g/mol. The first-order chi connectivity index (χ1) is 10.0. The molecule has 5 nitrogen and oxygen atoms in total. The van der Waals surface area contributed by atoms with Gasteiger partial charge in [0.1, 0.15) is 6.54 Å². The third-order valence-electron chi connectivity index (χ3n) is 3.24. The van der Waals surface area contributed by atoms with E-state index >= 15 is 0 Å². The molecule has 2 aromatic rings. The average molecular weight is 311 g/mol. The van der Waals surface area contributed by atoms with E-state index in [0.717, 1.165) is 16.5 Å². The maximum absolute atomic E-state index is 12.0. The molecule has 1 aromatic heterocycles. The second-order valence-corrected chi connectivity index (χ2v) is 5.46. The average Bonchev–Trinajstić information content (AvgIpc) is 2.76. The summed E-state index contributed by atoms with van der Waals surface area (Å²) >= 11 is 6.01. The quantitative estimate of drug-likeness (QED) is 0.857. The number of carbonyl (C=O) groups is 1. The lowest BCUT2D eigenvalue weighted by molar-refractivity contribution is -0.122. The van der Waals surface area contributed by atoms with Crippen LogP contribution in [0, 0.1) is 0 Å². The lowest BCUT2D eigenvalue weighted by Crippen LogP contribution is -2.37. The van der Waals surface area contributed by atoms with Crippen molar-refractivity contribution in [3.8, 4) is 0 Å². The van der Waals surface area contributed by atoms with Crippen LogP contribution in [0.15, 0.2) is 24.4 Å². The molecule has 2 N–H and O–H groups in total. The molecule has 0 saturated heterocycles. The van der Waals surface area contributed by atoms with Gasteiger partial charge in [0.25, 0.3) is 0 Å². The fourth-order valence-corrected chi connectivity index (χ4v) is 2.53. The minimum absolute atomic E-state index is 0.0507. The summed E-state index contributed by atoms with van der Waals surface area (Å²) in [6, 6.07) is 5.37. The van der Waals surface area contributed by atoms with Gasteiger partial charge in [-0.2, -0.15) is 0 Å². The van der Waals surface area contributed by atoms with Crippen molar-refractivity contribution in [2.24, 2.45) is 0 Å². The zero-order valence-electron chi connectivity index (χ0n) is 12.1. The fraction of sp³-hybridized carbons (Fsp3) is 0.400. The van der Waals surface area contributed by atoms with Gasteiger partial charge in [-0.25, -0.2) is 0 Å². The Morgan fingerprint density at radius 3 is 2.95 bits per heavy atom. The lowest BCUT2D eigenvalue weighted by Gasteiger charge is -2.13. The lowest BCUT2D eigenvalue weighted by atomic mass is 10.2. The normalized spacial score (nSPS) is 12.6. The summed E-state index contributed by atoms with van der Waals surface area (Å²) in [6.45, 7) is 2.44. The van der Waals surface area contributed by atoms with Crippen LogP contribution in [0.1, 0.15) is 12.5 Å². The number of aliphatic hydroxyl groups is 1. The largest absolute Gasteiger partial charge is 0.392 e. The van der Waals surface area contributed by atoms with Crippen molar-refractivity contribution in [2.45, 2.75) is 26.1 Å². The van der Waals surface area contributed by atoms with Crippen LogP contribution in [0.2, 0.25) is 5.02 Å². The first kappa shape index (κ1) is 15.8. The number of hydrogen-bond donors (Lipinski definition) is 2. The number of ether oxygens (including phenoxy) is 1. The number of benzene rings is 1. The van der Waals surface area contributed by atoms with E-state index in [9.17, 15) is 9.90 Å². The van der Waals surface area contributed by atoms with Gasteiger partial charge >= 0.3 is 0 Å². The summed E-state index contributed by atoms with van der Waals surface area (Å²) in [5.41, 5.74) is 1.61. The smallest absolute Gasteiger partial charge is 0.240 e. The highest BCUT2D eigenvalue weighted by Crippen LogP contribution is 2.24. The Hall–Kier alpha value is -1.56. The van der Waals surface area contributed by atoms with Crippen LogP contribution < -0.4 is 5.32 Å². The number of rotatable bonds is 6. The van der Waals surface area contributed by atoms with Crippen molar-refractivity contribution in [3.05, 3.63) is 35.0 Å². The van der Waals surface area contributed by atoms with E-state index in [2.05, 4.69) is 5.32 Å². The molecule has 1 heterocycles. The zero-order valence-corrected chi connectivity index (χ0v) is 12.9. The molecular weight excluding hydrogens is 292 g/mol. The number of fused-ring (bicyclic) bond motifs is 1. The first-order valence-corrected chi connectivity index (χ1v) is 7.09. The molecule has 0 fully saturated rings. The molecule has 2 rings (SSSR count). The number of carbonyl (C=O) groups excluding carboxylic acids is 1. The summed E-state index contributed by atoms with van der Waals surface area (Å²) in [7, 11) is 1.59. The number of nitrogens with one attached hydrogen (secondary N) is 1. The second kappa shape index (κ2) is 6.93. The highest BCUT2D eigenvalue weighted by molar-refractivity contribution is 6.31. The number of aliphatic hydroxyl groups excluding tert-OH is 1. The van der Waals surface area contributed by atoms with Gasteiger partial charge in [0.2, 0.25) is 5.91 Å². The van der Waals surface area contributed by atoms with E-state index in [4.69, 9.17) is 16.3 Å². The molecule has 0 saturated carbocycles. The molecule has 0 aliphatic rings. The molecule has 6 heteroatoms. The Bertz CT molecular complexity index is 639. The van der Waals surface area contributed by atoms with Crippen LogP contribution in [0.4, 0.5) is 0 Å². The SMILES string of the molecule is COCC(C)NC(=O)Cn1cc(CO)c2ccc(Cl)cc21. The first-order valence-electron chi connectivity index (χ1n) is 6.71. The summed E-state index contributed by atoms with van der Waals surface area (Å²) in [5, 5.41) is 13.8. The molecule has 1 aromatic carbocycles. The van der Waals surface area contributed by atoms with Crippen molar-refractivity contribution in [1.29, 1.82) is 0 Å². The van der Waals surface area contributed by atoms with Crippen molar-refractivity contribution in [3.63, 3.8) is 0 Å². The van der Waals surface area contributed by atoms with Gasteiger partial charge in [-0.05, 0) is 19.1 Å². The Kier molecular flexibility index (Phi) is 5.22. The van der Waals surface area contributed by atoms with Crippen LogP contribution in [0.5, 0.6) is 0 Å². The van der Waals surface area contributed by atoms with E-state index in [0.29, 0.717) is 11.6 Å². The Morgan fingerprint density at radius 1 is 1.52 bits per heavy atom. The molecule has 1 amide bonds. The molecule has 0 aliphatic carbocycles. The van der Waals surface area contributed by atoms with Crippen LogP contribution >= 0.6 is 11.6 Å². The molecule has 0 bridgehead atoms. The van der Waals surface area contributed by atoms with E-state index < -0.39 is 0 Å². The van der Waals surface area contributed by atoms with Gasteiger partial charge in [0.05, 0.1) is 18.7 Å². The predicted molar refractivity (Wildman–Crippen MR) is 82.4 cm³/mol. The fourth-order valence-electron chi connectivity index (χ4n) is 2.36. The molecule has 0 spiro atoms. The summed E-state index contributed by atoms with van der Waals surface area (Å²) < 4.78 is 6.78. The molecule has 0 radical (unpaired) electrons. The Morgan fingerprint density at radius 2 is 2.29 bits per heavy atom. The van der Waals surface area contributed by atoms with Crippen LogP contribution in [-0.4, -0.2) is 35.3 Å². The zero-order chi connectivity index (χ0) is 15.4. The number of halogens is 1. The number of hydrogen-bond acceptors (Lipinski definition) is 3. The maximum Gasteiger partial charge on any atom is 0.240 e. The van der Waals surface area contributed by atoms with Gasteiger partial charge in [-0.1, -0.05) is 17.7 Å². The summed E-state index contributed by atoms with van der Waals surface area (Å²) in [4.78, 5) is 12.0. The Balaban J connectivity index is 2.21.